The Labute approximate surface area is 232 Å². The van der Waals surface area contributed by atoms with E-state index in [1.54, 1.807) is 29.0 Å². The number of nitrogens with two attached hydrogens (primary N) is 1. The van der Waals surface area contributed by atoms with Crippen LogP contribution in [-0.2, 0) is 4.79 Å². The van der Waals surface area contributed by atoms with Crippen molar-refractivity contribution in [2.24, 2.45) is 5.73 Å². The molecule has 1 saturated heterocycles. The Hall–Kier alpha value is -4.55. The standard InChI is InChI=1S/C28H24FN9OS/c1-16-26(27(30)39)40-28(18-8-10-31-11-9-18)38(16)23-14-37-22(34-23)7-6-21(35-37)25-24(17-2-4-19(29)5-3-17)33-15-36(25)20-12-32-13-20/h2-11,14-15,20,28,32H,12-13H2,1H3,(H2,30,39). The van der Waals surface area contributed by atoms with Gasteiger partial charge in [-0.2, -0.15) is 5.10 Å². The lowest BCUT2D eigenvalue weighted by molar-refractivity contribution is -0.113. The van der Waals surface area contributed by atoms with Crippen molar-refractivity contribution < 1.29 is 9.18 Å². The number of imidazole rings is 2. The van der Waals surface area contributed by atoms with E-state index in [0.717, 1.165) is 41.3 Å². The summed E-state index contributed by atoms with van der Waals surface area (Å²) in [5, 5.41) is 8.02. The number of aromatic nitrogens is 6. The fourth-order valence-electron chi connectivity index (χ4n) is 5.10. The highest BCUT2D eigenvalue weighted by molar-refractivity contribution is 8.04. The Morgan fingerprint density at radius 1 is 1.10 bits per heavy atom. The van der Waals surface area contributed by atoms with Crippen LogP contribution in [0.4, 0.5) is 10.2 Å². The van der Waals surface area contributed by atoms with Gasteiger partial charge in [0.1, 0.15) is 16.9 Å². The first-order valence-corrected chi connectivity index (χ1v) is 13.6. The molecule has 40 heavy (non-hydrogen) atoms. The normalized spacial score (nSPS) is 17.6. The van der Waals surface area contributed by atoms with E-state index in [9.17, 15) is 9.18 Å². The lowest BCUT2D eigenvalue weighted by Crippen LogP contribution is -2.43. The van der Waals surface area contributed by atoms with Crippen LogP contribution in [0.5, 0.6) is 0 Å². The van der Waals surface area contributed by atoms with Gasteiger partial charge in [0.2, 0.25) is 0 Å². The minimum absolute atomic E-state index is 0.229. The zero-order chi connectivity index (χ0) is 27.4. The van der Waals surface area contributed by atoms with Crippen LogP contribution in [-0.4, -0.2) is 48.1 Å². The van der Waals surface area contributed by atoms with Crippen LogP contribution in [0.2, 0.25) is 0 Å². The zero-order valence-corrected chi connectivity index (χ0v) is 22.2. The molecular weight excluding hydrogens is 529 g/mol. The van der Waals surface area contributed by atoms with E-state index >= 15 is 0 Å². The third-order valence-corrected chi connectivity index (χ3v) is 8.67. The van der Waals surface area contributed by atoms with E-state index < -0.39 is 5.91 Å². The topological polar surface area (TPSA) is 119 Å². The quantitative estimate of drug-likeness (QED) is 0.325. The SMILES string of the molecule is CC1=C(C(N)=O)SC(c2ccncc2)N1c1cn2nc(-c3c(-c4ccc(F)cc4)ncn3C3CNC3)ccc2n1. The highest BCUT2D eigenvalue weighted by Crippen LogP contribution is 2.49. The minimum atomic E-state index is -0.472. The molecule has 1 atom stereocenters. The molecule has 2 aliphatic rings. The first-order valence-electron chi connectivity index (χ1n) is 12.7. The molecule has 1 aromatic carbocycles. The monoisotopic (exact) mass is 553 g/mol. The Balaban J connectivity index is 1.33. The van der Waals surface area contributed by atoms with Crippen LogP contribution < -0.4 is 16.0 Å². The van der Waals surface area contributed by atoms with Gasteiger partial charge in [0.05, 0.1) is 34.9 Å². The van der Waals surface area contributed by atoms with Gasteiger partial charge in [0, 0.05) is 36.7 Å². The van der Waals surface area contributed by atoms with Gasteiger partial charge in [-0.05, 0) is 61.0 Å². The maximum atomic E-state index is 13.7. The van der Waals surface area contributed by atoms with Gasteiger partial charge in [-0.25, -0.2) is 18.9 Å². The van der Waals surface area contributed by atoms with Gasteiger partial charge in [0.25, 0.3) is 5.91 Å². The summed E-state index contributed by atoms with van der Waals surface area (Å²) in [6.45, 7) is 3.54. The van der Waals surface area contributed by atoms with E-state index in [-0.39, 0.29) is 17.2 Å². The molecule has 0 saturated carbocycles. The minimum Gasteiger partial charge on any atom is -0.365 e. The number of primary amides is 1. The smallest absolute Gasteiger partial charge is 0.256 e. The number of allylic oxidation sites excluding steroid dienone is 1. The number of benzene rings is 1. The van der Waals surface area contributed by atoms with Gasteiger partial charge in [0.15, 0.2) is 11.5 Å². The third kappa shape index (κ3) is 4.03. The molecule has 0 bridgehead atoms. The molecule has 0 radical (unpaired) electrons. The van der Waals surface area contributed by atoms with Crippen molar-refractivity contribution in [1.29, 1.82) is 0 Å². The molecule has 2 aliphatic heterocycles. The van der Waals surface area contributed by atoms with Crippen LogP contribution in [0.15, 0.2) is 84.1 Å². The van der Waals surface area contributed by atoms with Crippen molar-refractivity contribution in [3.8, 4) is 22.6 Å². The van der Waals surface area contributed by atoms with Crippen molar-refractivity contribution in [1.82, 2.24) is 34.4 Å². The fourth-order valence-corrected chi connectivity index (χ4v) is 6.37. The molecule has 10 nitrogen and oxygen atoms in total. The number of carbonyl (C=O) groups is 1. The molecule has 0 aliphatic carbocycles. The van der Waals surface area contributed by atoms with Gasteiger partial charge in [-0.3, -0.25) is 9.78 Å². The van der Waals surface area contributed by atoms with Crippen molar-refractivity contribution in [2.45, 2.75) is 18.3 Å². The van der Waals surface area contributed by atoms with E-state index in [1.807, 2.05) is 48.6 Å². The summed E-state index contributed by atoms with van der Waals surface area (Å²) in [4.78, 5) is 28.4. The summed E-state index contributed by atoms with van der Waals surface area (Å²) in [6.07, 6.45) is 7.13. The average molecular weight is 554 g/mol. The van der Waals surface area contributed by atoms with E-state index in [1.165, 1.54) is 23.9 Å². The number of rotatable bonds is 6. The van der Waals surface area contributed by atoms with Crippen molar-refractivity contribution in [3.05, 3.63) is 95.4 Å². The highest BCUT2D eigenvalue weighted by Gasteiger charge is 2.36. The molecule has 4 aromatic heterocycles. The lowest BCUT2D eigenvalue weighted by Gasteiger charge is -2.29. The van der Waals surface area contributed by atoms with E-state index in [2.05, 4.69) is 14.9 Å². The number of hydrogen-bond acceptors (Lipinski definition) is 8. The van der Waals surface area contributed by atoms with Gasteiger partial charge in [-0.1, -0.05) is 11.8 Å². The molecule has 200 valence electrons. The second-order valence-corrected chi connectivity index (χ2v) is 10.8. The van der Waals surface area contributed by atoms with Crippen molar-refractivity contribution >= 4 is 29.1 Å². The molecule has 1 amide bonds. The largest absolute Gasteiger partial charge is 0.365 e. The molecular formula is C28H24FN9OS. The Bertz CT molecular complexity index is 1780. The summed E-state index contributed by atoms with van der Waals surface area (Å²) in [7, 11) is 0. The number of nitrogens with one attached hydrogen (secondary N) is 1. The second kappa shape index (κ2) is 9.57. The molecule has 7 rings (SSSR count). The number of pyridine rings is 1. The second-order valence-electron chi connectivity index (χ2n) is 9.69. The summed E-state index contributed by atoms with van der Waals surface area (Å²) in [5.41, 5.74) is 11.2. The van der Waals surface area contributed by atoms with Crippen LogP contribution in [0.25, 0.3) is 28.3 Å². The summed E-state index contributed by atoms with van der Waals surface area (Å²) in [5.74, 6) is -0.129. The van der Waals surface area contributed by atoms with Crippen molar-refractivity contribution in [3.63, 3.8) is 0 Å². The van der Waals surface area contributed by atoms with Crippen LogP contribution in [0.3, 0.4) is 0 Å². The predicted octanol–water partition coefficient (Wildman–Crippen LogP) is 3.91. The summed E-state index contributed by atoms with van der Waals surface area (Å²) < 4.78 is 17.5. The molecule has 12 heteroatoms. The lowest BCUT2D eigenvalue weighted by atomic mass is 10.1. The maximum absolute atomic E-state index is 13.7. The number of nitrogens with zero attached hydrogens (tertiary/aromatic N) is 7. The molecule has 1 fully saturated rings. The Morgan fingerprint density at radius 3 is 2.58 bits per heavy atom. The van der Waals surface area contributed by atoms with Crippen LogP contribution >= 0.6 is 11.8 Å². The van der Waals surface area contributed by atoms with Gasteiger partial charge in [-0.15, -0.1) is 0 Å². The summed E-state index contributed by atoms with van der Waals surface area (Å²) >= 11 is 1.40. The number of anilines is 1. The number of amides is 1. The fraction of sp³-hybridized carbons (Fsp3) is 0.179. The first kappa shape index (κ1) is 24.5. The molecule has 1 unspecified atom stereocenters. The zero-order valence-electron chi connectivity index (χ0n) is 21.4. The van der Waals surface area contributed by atoms with E-state index in [0.29, 0.717) is 22.1 Å². The number of fused-ring (bicyclic) bond motifs is 1. The van der Waals surface area contributed by atoms with Crippen molar-refractivity contribution in [2.75, 3.05) is 18.0 Å². The Morgan fingerprint density at radius 2 is 1.88 bits per heavy atom. The molecule has 3 N–H and O–H groups in total. The Kier molecular flexibility index (Phi) is 5.86. The summed E-state index contributed by atoms with van der Waals surface area (Å²) in [6, 6.07) is 14.3. The maximum Gasteiger partial charge on any atom is 0.256 e. The molecule has 0 spiro atoms. The van der Waals surface area contributed by atoms with Crippen LogP contribution in [0, 0.1) is 5.82 Å². The number of thioether (sulfide) groups is 1. The average Bonchev–Trinajstić information content (AvgIpc) is 3.63. The van der Waals surface area contributed by atoms with Crippen LogP contribution in [0.1, 0.15) is 23.9 Å². The van der Waals surface area contributed by atoms with Gasteiger partial charge < -0.3 is 20.5 Å². The third-order valence-electron chi connectivity index (χ3n) is 7.23. The molecule has 6 heterocycles. The highest BCUT2D eigenvalue weighted by atomic mass is 32.2. The number of halogens is 1. The van der Waals surface area contributed by atoms with Gasteiger partial charge >= 0.3 is 0 Å². The first-order chi connectivity index (χ1) is 19.5. The number of carbonyl (C=O) groups excluding carboxylic acids is 1. The van der Waals surface area contributed by atoms with E-state index in [4.69, 9.17) is 20.8 Å². The predicted molar refractivity (Wildman–Crippen MR) is 150 cm³/mol. The molecule has 5 aromatic rings. The number of hydrogen-bond donors (Lipinski definition) is 2.